The molecule has 0 aliphatic heterocycles. The van der Waals surface area contributed by atoms with Gasteiger partial charge in [0.1, 0.15) is 0 Å². The van der Waals surface area contributed by atoms with Gasteiger partial charge in [-0.1, -0.05) is 0 Å². The van der Waals surface area contributed by atoms with Crippen LogP contribution in [0.25, 0.3) is 0 Å². The number of ether oxygens (including phenoxy) is 2. The second-order valence-electron chi connectivity index (χ2n) is 3.39. The van der Waals surface area contributed by atoms with Crippen molar-refractivity contribution in [2.45, 2.75) is 25.7 Å². The highest BCUT2D eigenvalue weighted by atomic mass is 16.7. The first-order valence-electron chi connectivity index (χ1n) is 5.80. The van der Waals surface area contributed by atoms with E-state index in [1.165, 1.54) is 0 Å². The molecule has 0 bridgehead atoms. The Morgan fingerprint density at radius 1 is 0.667 bits per heavy atom. The molecule has 0 atom stereocenters. The van der Waals surface area contributed by atoms with Crippen LogP contribution >= 0.6 is 0 Å². The molecular weight excluding hydrogens is 292 g/mol. The minimum Gasteiger partial charge on any atom is -0.481 e. The molecule has 0 rings (SSSR count). The lowest BCUT2D eigenvalue weighted by Crippen LogP contribution is -2.14. The van der Waals surface area contributed by atoms with Gasteiger partial charge in [-0.2, -0.15) is 0 Å². The summed E-state index contributed by atoms with van der Waals surface area (Å²) in [6, 6.07) is 0. The topological polar surface area (TPSA) is 168 Å². The second kappa shape index (κ2) is 14.2. The van der Waals surface area contributed by atoms with E-state index in [0.29, 0.717) is 0 Å². The van der Waals surface area contributed by atoms with Crippen molar-refractivity contribution in [3.8, 4) is 0 Å². The Kier molecular flexibility index (Phi) is 14.3. The van der Waals surface area contributed by atoms with E-state index in [9.17, 15) is 19.2 Å². The third-order valence-corrected chi connectivity index (χ3v) is 1.63. The van der Waals surface area contributed by atoms with E-state index in [-0.39, 0.29) is 38.9 Å². The van der Waals surface area contributed by atoms with E-state index < -0.39 is 30.7 Å². The van der Waals surface area contributed by atoms with E-state index in [1.54, 1.807) is 0 Å². The first-order chi connectivity index (χ1) is 9.83. The van der Waals surface area contributed by atoms with Gasteiger partial charge in [0.15, 0.2) is 0 Å². The standard InChI is InChI=1S/C9H12O8.C2H6O2/c10-6(11)1-3-8(14)16-5-17-9(15)4-2-7(12)13;3-1-2-4/h1-5H2,(H,10,11)(H,12,13);3-4H,1-2H2. The number of carbonyl (C=O) groups is 4. The lowest BCUT2D eigenvalue weighted by atomic mass is 10.3. The van der Waals surface area contributed by atoms with Crippen LogP contribution in [0.2, 0.25) is 0 Å². The average Bonchev–Trinajstić information content (AvgIpc) is 2.43. The Bertz CT molecular complexity index is 306. The van der Waals surface area contributed by atoms with Gasteiger partial charge in [-0.25, -0.2) is 0 Å². The highest BCUT2D eigenvalue weighted by Gasteiger charge is 2.09. The minimum absolute atomic E-state index is 0.125. The van der Waals surface area contributed by atoms with Gasteiger partial charge in [0.25, 0.3) is 0 Å². The number of carboxylic acids is 2. The first kappa shape index (κ1) is 21.1. The highest BCUT2D eigenvalue weighted by molar-refractivity contribution is 5.77. The Morgan fingerprint density at radius 2 is 1.00 bits per heavy atom. The molecule has 10 nitrogen and oxygen atoms in total. The molecule has 0 saturated carbocycles. The summed E-state index contributed by atoms with van der Waals surface area (Å²) in [5, 5.41) is 31.7. The first-order valence-corrected chi connectivity index (χ1v) is 5.80. The predicted octanol–water partition coefficient (Wildman–Crippen LogP) is -1.27. The number of carbonyl (C=O) groups excluding carboxylic acids is 2. The molecule has 0 aliphatic rings. The highest BCUT2D eigenvalue weighted by Crippen LogP contribution is 1.96. The smallest absolute Gasteiger partial charge is 0.309 e. The van der Waals surface area contributed by atoms with Crippen LogP contribution in [-0.4, -0.2) is 64.3 Å². The van der Waals surface area contributed by atoms with Crippen molar-refractivity contribution in [1.82, 2.24) is 0 Å². The molecular formula is C11H18O10. The molecule has 0 aromatic rings. The van der Waals surface area contributed by atoms with Crippen LogP contribution in [0, 0.1) is 0 Å². The van der Waals surface area contributed by atoms with Crippen LogP contribution in [0.3, 0.4) is 0 Å². The molecule has 0 saturated heterocycles. The summed E-state index contributed by atoms with van der Waals surface area (Å²) in [5.41, 5.74) is 0. The molecule has 0 aromatic heterocycles. The van der Waals surface area contributed by atoms with E-state index in [0.717, 1.165) is 0 Å². The van der Waals surface area contributed by atoms with Crippen LogP contribution in [0.15, 0.2) is 0 Å². The van der Waals surface area contributed by atoms with Crippen LogP contribution in [0.4, 0.5) is 0 Å². The summed E-state index contributed by atoms with van der Waals surface area (Å²) < 4.78 is 8.75. The minimum atomic E-state index is -1.14. The van der Waals surface area contributed by atoms with Crippen LogP contribution in [0.5, 0.6) is 0 Å². The van der Waals surface area contributed by atoms with Gasteiger partial charge in [-0.15, -0.1) is 0 Å². The molecule has 0 spiro atoms. The van der Waals surface area contributed by atoms with Crippen molar-refractivity contribution in [3.63, 3.8) is 0 Å². The molecule has 0 aromatic carbocycles. The normalized spacial score (nSPS) is 9.05. The van der Waals surface area contributed by atoms with Gasteiger partial charge in [0.2, 0.25) is 6.79 Å². The van der Waals surface area contributed by atoms with Gasteiger partial charge in [-0.3, -0.25) is 19.2 Å². The van der Waals surface area contributed by atoms with Crippen molar-refractivity contribution in [1.29, 1.82) is 0 Å². The van der Waals surface area contributed by atoms with E-state index >= 15 is 0 Å². The summed E-state index contributed by atoms with van der Waals surface area (Å²) in [5.74, 6) is -3.89. The fourth-order valence-electron chi connectivity index (χ4n) is 0.723. The summed E-state index contributed by atoms with van der Waals surface area (Å²) in [4.78, 5) is 41.8. The summed E-state index contributed by atoms with van der Waals surface area (Å²) in [6.07, 6.45) is -1.37. The third-order valence-electron chi connectivity index (χ3n) is 1.63. The predicted molar refractivity (Wildman–Crippen MR) is 65.0 cm³/mol. The number of aliphatic hydroxyl groups excluding tert-OH is 2. The van der Waals surface area contributed by atoms with Gasteiger partial charge in [0.05, 0.1) is 38.9 Å². The number of rotatable bonds is 9. The quantitative estimate of drug-likeness (QED) is 0.297. The maximum atomic E-state index is 10.8. The maximum Gasteiger partial charge on any atom is 0.309 e. The number of aliphatic hydroxyl groups is 2. The van der Waals surface area contributed by atoms with Crippen molar-refractivity contribution in [3.05, 3.63) is 0 Å². The van der Waals surface area contributed by atoms with Crippen LogP contribution < -0.4 is 0 Å². The fraction of sp³-hybridized carbons (Fsp3) is 0.636. The van der Waals surface area contributed by atoms with Crippen LogP contribution in [0.1, 0.15) is 25.7 Å². The summed E-state index contributed by atoms with van der Waals surface area (Å²) in [6.45, 7) is -0.892. The molecule has 4 N–H and O–H groups in total. The fourth-order valence-corrected chi connectivity index (χ4v) is 0.723. The zero-order chi connectivity index (χ0) is 16.7. The Labute approximate surface area is 119 Å². The molecule has 0 amide bonds. The SMILES string of the molecule is O=C(O)CCC(=O)OCOC(=O)CCC(=O)O.OCCO. The molecule has 0 unspecified atom stereocenters. The van der Waals surface area contributed by atoms with E-state index in [1.807, 2.05) is 0 Å². The van der Waals surface area contributed by atoms with Crippen molar-refractivity contribution < 1.29 is 49.1 Å². The van der Waals surface area contributed by atoms with Crippen LogP contribution in [-0.2, 0) is 28.7 Å². The van der Waals surface area contributed by atoms with Gasteiger partial charge >= 0.3 is 23.9 Å². The van der Waals surface area contributed by atoms with E-state index in [2.05, 4.69) is 9.47 Å². The number of hydrogen-bond donors (Lipinski definition) is 4. The molecule has 0 aliphatic carbocycles. The van der Waals surface area contributed by atoms with E-state index in [4.69, 9.17) is 20.4 Å². The summed E-state index contributed by atoms with van der Waals surface area (Å²) >= 11 is 0. The summed E-state index contributed by atoms with van der Waals surface area (Å²) in [7, 11) is 0. The van der Waals surface area contributed by atoms with Crippen molar-refractivity contribution >= 4 is 23.9 Å². The monoisotopic (exact) mass is 310 g/mol. The molecule has 21 heavy (non-hydrogen) atoms. The number of esters is 2. The van der Waals surface area contributed by atoms with Crippen molar-refractivity contribution in [2.75, 3.05) is 20.0 Å². The van der Waals surface area contributed by atoms with Crippen molar-refractivity contribution in [2.24, 2.45) is 0 Å². The molecule has 0 heterocycles. The zero-order valence-electron chi connectivity index (χ0n) is 11.2. The second-order valence-corrected chi connectivity index (χ2v) is 3.39. The molecule has 122 valence electrons. The Hall–Kier alpha value is -2.20. The molecule has 10 heteroatoms. The zero-order valence-corrected chi connectivity index (χ0v) is 11.2. The lowest BCUT2D eigenvalue weighted by Gasteiger charge is -2.04. The Balaban J connectivity index is 0. The number of aliphatic carboxylic acids is 2. The average molecular weight is 310 g/mol. The largest absolute Gasteiger partial charge is 0.481 e. The van der Waals surface area contributed by atoms with Gasteiger partial charge < -0.3 is 29.9 Å². The number of carboxylic acid groups (broad SMARTS) is 2. The maximum absolute atomic E-state index is 10.8. The van der Waals surface area contributed by atoms with Gasteiger partial charge in [-0.05, 0) is 0 Å². The van der Waals surface area contributed by atoms with Gasteiger partial charge in [0, 0.05) is 0 Å². The third kappa shape index (κ3) is 20.3. The molecule has 0 radical (unpaired) electrons. The molecule has 0 fully saturated rings. The number of hydrogen-bond acceptors (Lipinski definition) is 8. The Morgan fingerprint density at radius 3 is 1.24 bits per heavy atom. The lowest BCUT2D eigenvalue weighted by molar-refractivity contribution is -0.169.